The number of phenolic OH excluding ortho intramolecular Hbond substituents is 1. The third-order valence-corrected chi connectivity index (χ3v) is 9.06. The number of rotatable bonds is 7. The zero-order valence-electron chi connectivity index (χ0n) is 24.5. The number of benzene rings is 2. The molecule has 4 aromatic rings. The van der Waals surface area contributed by atoms with Crippen molar-refractivity contribution in [1.29, 1.82) is 0 Å². The third kappa shape index (κ3) is 4.77. The van der Waals surface area contributed by atoms with Gasteiger partial charge in [0, 0.05) is 61.2 Å². The van der Waals surface area contributed by atoms with E-state index in [9.17, 15) is 24.9 Å². The Morgan fingerprint density at radius 2 is 1.73 bits per heavy atom. The number of para-hydroxylation sites is 1. The van der Waals surface area contributed by atoms with Crippen molar-refractivity contribution in [3.05, 3.63) is 54.7 Å². The van der Waals surface area contributed by atoms with Gasteiger partial charge in [0.1, 0.15) is 17.8 Å². The van der Waals surface area contributed by atoms with Crippen LogP contribution in [0.2, 0.25) is 0 Å². The fourth-order valence-electron chi connectivity index (χ4n) is 6.83. The molecule has 1 unspecified atom stereocenters. The van der Waals surface area contributed by atoms with Gasteiger partial charge in [-0.05, 0) is 36.2 Å². The zero-order valence-corrected chi connectivity index (χ0v) is 24.5. The largest absolute Gasteiger partial charge is 0.507 e. The van der Waals surface area contributed by atoms with Gasteiger partial charge in [-0.25, -0.2) is 9.48 Å². The van der Waals surface area contributed by atoms with Crippen molar-refractivity contribution < 1.29 is 24.9 Å². The van der Waals surface area contributed by atoms with Crippen LogP contribution in [0.5, 0.6) is 5.75 Å². The maximum atomic E-state index is 13.4. The molecule has 1 spiro atoms. The summed E-state index contributed by atoms with van der Waals surface area (Å²) in [5.41, 5.74) is 3.30. The molecule has 3 aliphatic rings. The first kappa shape index (κ1) is 28.0. The molecule has 3 fully saturated rings. The molecule has 5 heterocycles. The lowest BCUT2D eigenvalue weighted by molar-refractivity contribution is -0.150. The summed E-state index contributed by atoms with van der Waals surface area (Å²) >= 11 is 0. The van der Waals surface area contributed by atoms with Gasteiger partial charge < -0.3 is 30.0 Å². The highest BCUT2D eigenvalue weighted by atomic mass is 16.4. The first-order valence-corrected chi connectivity index (χ1v) is 14.8. The van der Waals surface area contributed by atoms with Crippen molar-refractivity contribution in [3.63, 3.8) is 0 Å². The molecule has 0 bridgehead atoms. The summed E-state index contributed by atoms with van der Waals surface area (Å²) < 4.78 is 1.53. The second kappa shape index (κ2) is 10.4. The number of aromatic nitrogens is 5. The molecule has 0 aliphatic carbocycles. The number of aliphatic hydroxyl groups is 1. The molecule has 228 valence electrons. The number of aliphatic carboxylic acids is 1. The lowest BCUT2D eigenvalue weighted by Crippen LogP contribution is -2.72. The molecule has 3 N–H and O–H groups in total. The fourth-order valence-corrected chi connectivity index (χ4v) is 6.83. The number of carbonyl (C=O) groups excluding carboxylic acids is 1. The minimum absolute atomic E-state index is 0.00518. The second-order valence-electron chi connectivity index (χ2n) is 12.7. The van der Waals surface area contributed by atoms with Crippen LogP contribution in [0.4, 0.5) is 11.5 Å². The molecule has 3 saturated heterocycles. The number of aromatic hydroxyl groups is 1. The van der Waals surface area contributed by atoms with E-state index in [2.05, 4.69) is 36.4 Å². The minimum Gasteiger partial charge on any atom is -0.507 e. The number of carbonyl (C=O) groups is 2. The van der Waals surface area contributed by atoms with Crippen molar-refractivity contribution >= 4 is 34.3 Å². The van der Waals surface area contributed by atoms with Crippen LogP contribution in [-0.2, 0) is 9.59 Å². The number of hydrogen-bond donors (Lipinski definition) is 3. The highest BCUT2D eigenvalue weighted by Gasteiger charge is 2.52. The predicted molar refractivity (Wildman–Crippen MR) is 161 cm³/mol. The number of aliphatic hydroxyl groups excluding tert-OH is 1. The lowest BCUT2D eigenvalue weighted by atomic mass is 9.72. The molecular formula is C31H34N8O5. The number of β-amino-alcohol motifs (C(OH)–C–C–N with tert-alkyl or cyclic N) is 1. The zero-order chi connectivity index (χ0) is 30.7. The maximum absolute atomic E-state index is 13.4. The van der Waals surface area contributed by atoms with Crippen LogP contribution in [0.3, 0.4) is 0 Å². The third-order valence-electron chi connectivity index (χ3n) is 9.06. The number of fused-ring (bicyclic) bond motifs is 1. The Hall–Kier alpha value is -4.78. The molecule has 7 rings (SSSR count). The summed E-state index contributed by atoms with van der Waals surface area (Å²) in [6.07, 6.45) is 0.928. The summed E-state index contributed by atoms with van der Waals surface area (Å²) in [5.74, 6) is -0.789. The highest BCUT2D eigenvalue weighted by Crippen LogP contribution is 2.44. The average molecular weight is 599 g/mol. The Bertz CT molecular complexity index is 1740. The van der Waals surface area contributed by atoms with Gasteiger partial charge in [0.2, 0.25) is 5.91 Å². The normalized spacial score (nSPS) is 21.5. The van der Waals surface area contributed by atoms with Crippen LogP contribution in [0.15, 0.2) is 54.7 Å². The van der Waals surface area contributed by atoms with Crippen molar-refractivity contribution in [2.75, 3.05) is 42.5 Å². The molecule has 2 aromatic heterocycles. The number of carboxylic acids is 1. The number of amides is 1. The van der Waals surface area contributed by atoms with Crippen molar-refractivity contribution in [2.45, 2.75) is 38.5 Å². The molecule has 2 aromatic carbocycles. The van der Waals surface area contributed by atoms with Crippen molar-refractivity contribution in [3.8, 4) is 17.0 Å². The van der Waals surface area contributed by atoms with Crippen LogP contribution in [0.25, 0.3) is 22.2 Å². The maximum Gasteiger partial charge on any atom is 0.326 e. The van der Waals surface area contributed by atoms with E-state index < -0.39 is 24.2 Å². The van der Waals surface area contributed by atoms with Gasteiger partial charge in [0.15, 0.2) is 5.82 Å². The molecule has 3 aliphatic heterocycles. The van der Waals surface area contributed by atoms with Gasteiger partial charge in [-0.2, -0.15) is 0 Å². The van der Waals surface area contributed by atoms with E-state index in [-0.39, 0.29) is 36.0 Å². The SMILES string of the molecule is CC(C)C(C(=O)N1C[C@H](O)C[C@H]1C(=O)O)n1cc(N2CC3(CN(c4ccc5cc(-c6ccccc6O)nnc5c4)C3)C2)nn1. The van der Waals surface area contributed by atoms with Gasteiger partial charge in [-0.3, -0.25) is 4.79 Å². The van der Waals surface area contributed by atoms with Crippen molar-refractivity contribution in [1.82, 2.24) is 30.1 Å². The van der Waals surface area contributed by atoms with E-state index in [1.54, 1.807) is 18.3 Å². The predicted octanol–water partition coefficient (Wildman–Crippen LogP) is 2.16. The Labute approximate surface area is 253 Å². The molecule has 13 heteroatoms. The number of anilines is 2. The summed E-state index contributed by atoms with van der Waals surface area (Å²) in [5, 5.41) is 48.1. The van der Waals surface area contributed by atoms with E-state index in [1.807, 2.05) is 44.2 Å². The van der Waals surface area contributed by atoms with Crippen LogP contribution in [-0.4, -0.2) is 102 Å². The van der Waals surface area contributed by atoms with Gasteiger partial charge in [-0.1, -0.05) is 37.3 Å². The Morgan fingerprint density at radius 3 is 2.45 bits per heavy atom. The van der Waals surface area contributed by atoms with E-state index in [0.29, 0.717) is 17.1 Å². The molecular weight excluding hydrogens is 564 g/mol. The Kier molecular flexibility index (Phi) is 6.65. The topological polar surface area (TPSA) is 161 Å². The number of phenols is 1. The van der Waals surface area contributed by atoms with E-state index >= 15 is 0 Å². The first-order chi connectivity index (χ1) is 21.1. The lowest BCUT2D eigenvalue weighted by Gasteiger charge is -2.61. The monoisotopic (exact) mass is 598 g/mol. The van der Waals surface area contributed by atoms with E-state index in [0.717, 1.165) is 42.8 Å². The van der Waals surface area contributed by atoms with Gasteiger partial charge in [0.25, 0.3) is 0 Å². The van der Waals surface area contributed by atoms with Crippen LogP contribution in [0.1, 0.15) is 26.3 Å². The quantitative estimate of drug-likeness (QED) is 0.286. The number of carboxylic acid groups (broad SMARTS) is 1. The summed E-state index contributed by atoms with van der Waals surface area (Å²) in [6, 6.07) is 13.4. The van der Waals surface area contributed by atoms with Crippen LogP contribution >= 0.6 is 0 Å². The summed E-state index contributed by atoms with van der Waals surface area (Å²) in [7, 11) is 0. The molecule has 3 atom stereocenters. The van der Waals surface area contributed by atoms with Crippen LogP contribution < -0.4 is 9.80 Å². The van der Waals surface area contributed by atoms with Crippen molar-refractivity contribution in [2.24, 2.45) is 11.3 Å². The van der Waals surface area contributed by atoms with Gasteiger partial charge in [-0.15, -0.1) is 15.3 Å². The second-order valence-corrected chi connectivity index (χ2v) is 12.7. The molecule has 0 radical (unpaired) electrons. The Balaban J connectivity index is 0.990. The highest BCUT2D eigenvalue weighted by molar-refractivity contribution is 5.87. The van der Waals surface area contributed by atoms with Gasteiger partial charge >= 0.3 is 5.97 Å². The number of nitrogens with zero attached hydrogens (tertiary/aromatic N) is 8. The summed E-state index contributed by atoms with van der Waals surface area (Å²) in [4.78, 5) is 30.9. The number of likely N-dealkylation sites (tertiary alicyclic amines) is 1. The summed E-state index contributed by atoms with van der Waals surface area (Å²) in [6.45, 7) is 7.20. The molecule has 13 nitrogen and oxygen atoms in total. The molecule has 1 amide bonds. The molecule has 44 heavy (non-hydrogen) atoms. The van der Waals surface area contributed by atoms with Crippen LogP contribution in [0, 0.1) is 11.3 Å². The van der Waals surface area contributed by atoms with Gasteiger partial charge in [0.05, 0.1) is 23.5 Å². The molecule has 0 saturated carbocycles. The average Bonchev–Trinajstić information content (AvgIpc) is 3.58. The standard InChI is InChI=1S/C31H34N8O5/c1-18(2)28(29(42)38-12-21(40)11-25(38)30(43)44)39-13-27(34-35-39)37-16-31(17-37)14-36(15-31)20-8-7-19-9-24(33-32-23(19)10-20)22-5-3-4-6-26(22)41/h3-10,13,18,21,25,28,40-41H,11-12,14-17H2,1-2H3,(H,43,44)/t21-,25+,28?/m1/s1. The fraction of sp³-hybridized carbons (Fsp3) is 0.419. The minimum atomic E-state index is -1.12. The smallest absolute Gasteiger partial charge is 0.326 e. The number of hydrogen-bond acceptors (Lipinski definition) is 10. The van der Waals surface area contributed by atoms with E-state index in [4.69, 9.17) is 0 Å². The van der Waals surface area contributed by atoms with E-state index in [1.165, 1.54) is 9.58 Å². The first-order valence-electron chi connectivity index (χ1n) is 14.8. The Morgan fingerprint density at radius 1 is 0.977 bits per heavy atom.